The smallest absolute Gasteiger partial charge is 0.0765 e. The zero-order chi connectivity index (χ0) is 11.1. The second-order valence-electron chi connectivity index (χ2n) is 4.21. The largest absolute Gasteiger partial charge is 0.379 e. The number of terminal acetylenes is 1. The van der Waals surface area contributed by atoms with Crippen LogP contribution >= 0.6 is 0 Å². The molecule has 0 bridgehead atoms. The van der Waals surface area contributed by atoms with Gasteiger partial charge in [-0.05, 0) is 12.8 Å². The van der Waals surface area contributed by atoms with Crippen LogP contribution in [-0.4, -0.2) is 31.8 Å². The summed E-state index contributed by atoms with van der Waals surface area (Å²) in [6.45, 7) is 1.45. The van der Waals surface area contributed by atoms with Crippen LogP contribution in [-0.2, 0) is 4.74 Å². The fourth-order valence-corrected chi connectivity index (χ4v) is 2.44. The van der Waals surface area contributed by atoms with Gasteiger partial charge < -0.3 is 15.8 Å². The average Bonchev–Trinajstić information content (AvgIpc) is 2.30. The number of nitrogens with one attached hydrogen (secondary N) is 1. The van der Waals surface area contributed by atoms with Gasteiger partial charge in [0.25, 0.3) is 0 Å². The fraction of sp³-hybridized carbons (Fsp3) is 0.833. The molecule has 0 aromatic carbocycles. The first kappa shape index (κ1) is 12.5. The monoisotopic (exact) mass is 210 g/mol. The Balaban J connectivity index is 2.58. The zero-order valence-electron chi connectivity index (χ0n) is 9.59. The maximum Gasteiger partial charge on any atom is 0.0765 e. The number of rotatable bonds is 5. The molecule has 0 aromatic heterocycles. The molecular formula is C12H22N2O. The van der Waals surface area contributed by atoms with Gasteiger partial charge in [-0.2, -0.15) is 0 Å². The van der Waals surface area contributed by atoms with E-state index in [2.05, 4.69) is 11.2 Å². The van der Waals surface area contributed by atoms with E-state index in [1.54, 1.807) is 7.11 Å². The van der Waals surface area contributed by atoms with Crippen molar-refractivity contribution in [1.29, 1.82) is 0 Å². The summed E-state index contributed by atoms with van der Waals surface area (Å²) in [7, 11) is 1.77. The number of methoxy groups -OCH3 is 1. The van der Waals surface area contributed by atoms with Crippen LogP contribution < -0.4 is 11.1 Å². The third-order valence-corrected chi connectivity index (χ3v) is 3.35. The van der Waals surface area contributed by atoms with Gasteiger partial charge in [0, 0.05) is 26.6 Å². The van der Waals surface area contributed by atoms with Crippen LogP contribution in [0.5, 0.6) is 0 Å². The molecule has 2 atom stereocenters. The van der Waals surface area contributed by atoms with Gasteiger partial charge in [-0.3, -0.25) is 0 Å². The van der Waals surface area contributed by atoms with E-state index in [0.717, 1.165) is 25.8 Å². The summed E-state index contributed by atoms with van der Waals surface area (Å²) >= 11 is 0. The number of nitrogens with two attached hydrogens (primary N) is 1. The van der Waals surface area contributed by atoms with E-state index in [-0.39, 0.29) is 11.6 Å². The van der Waals surface area contributed by atoms with Crippen molar-refractivity contribution >= 4 is 0 Å². The molecule has 1 saturated carbocycles. The van der Waals surface area contributed by atoms with E-state index in [9.17, 15) is 0 Å². The van der Waals surface area contributed by atoms with Crippen LogP contribution in [0.3, 0.4) is 0 Å². The molecule has 86 valence electrons. The Morgan fingerprint density at radius 2 is 2.40 bits per heavy atom. The highest BCUT2D eigenvalue weighted by Crippen LogP contribution is 2.29. The Bertz CT molecular complexity index is 224. The molecule has 0 amide bonds. The number of hydrogen-bond acceptors (Lipinski definition) is 3. The fourth-order valence-electron chi connectivity index (χ4n) is 2.44. The molecule has 3 nitrogen and oxygen atoms in total. The minimum atomic E-state index is -0.0517. The molecule has 3 N–H and O–H groups in total. The van der Waals surface area contributed by atoms with Crippen molar-refractivity contribution in [2.45, 2.75) is 43.7 Å². The summed E-state index contributed by atoms with van der Waals surface area (Å²) in [5.41, 5.74) is 5.84. The molecule has 0 spiro atoms. The van der Waals surface area contributed by atoms with E-state index < -0.39 is 0 Å². The Kier molecular flexibility index (Phi) is 5.10. The van der Waals surface area contributed by atoms with Gasteiger partial charge in [0.15, 0.2) is 0 Å². The third kappa shape index (κ3) is 2.94. The number of ether oxygens (including phenoxy) is 1. The molecule has 0 aromatic rings. The van der Waals surface area contributed by atoms with E-state index in [4.69, 9.17) is 16.9 Å². The van der Waals surface area contributed by atoms with Gasteiger partial charge in [0.2, 0.25) is 0 Å². The maximum atomic E-state index is 5.89. The molecule has 0 heterocycles. The molecule has 1 rings (SSSR count). The van der Waals surface area contributed by atoms with Crippen molar-refractivity contribution in [2.24, 2.45) is 5.73 Å². The van der Waals surface area contributed by atoms with Gasteiger partial charge in [-0.15, -0.1) is 12.3 Å². The van der Waals surface area contributed by atoms with Crippen LogP contribution in [0.4, 0.5) is 0 Å². The lowest BCUT2D eigenvalue weighted by Crippen LogP contribution is -2.61. The summed E-state index contributed by atoms with van der Waals surface area (Å²) in [6, 6.07) is 0. The molecule has 0 aliphatic heterocycles. The van der Waals surface area contributed by atoms with E-state index >= 15 is 0 Å². The lowest BCUT2D eigenvalue weighted by atomic mass is 9.79. The second kappa shape index (κ2) is 6.12. The van der Waals surface area contributed by atoms with Crippen molar-refractivity contribution in [1.82, 2.24) is 5.32 Å². The quantitative estimate of drug-likeness (QED) is 0.523. The molecule has 1 aliphatic carbocycles. The van der Waals surface area contributed by atoms with Crippen LogP contribution in [0, 0.1) is 12.3 Å². The normalized spacial score (nSPS) is 31.1. The van der Waals surface area contributed by atoms with Crippen molar-refractivity contribution in [3.05, 3.63) is 0 Å². The highest BCUT2D eigenvalue weighted by Gasteiger charge is 2.39. The van der Waals surface area contributed by atoms with Crippen molar-refractivity contribution in [3.8, 4) is 12.3 Å². The second-order valence-corrected chi connectivity index (χ2v) is 4.21. The van der Waals surface area contributed by atoms with Crippen LogP contribution in [0.2, 0.25) is 0 Å². The lowest BCUT2D eigenvalue weighted by Gasteiger charge is -2.43. The summed E-state index contributed by atoms with van der Waals surface area (Å²) in [4.78, 5) is 0. The van der Waals surface area contributed by atoms with Crippen LogP contribution in [0.25, 0.3) is 0 Å². The Hall–Kier alpha value is -0.560. The highest BCUT2D eigenvalue weighted by molar-refractivity contribution is 5.00. The van der Waals surface area contributed by atoms with Crippen molar-refractivity contribution < 1.29 is 4.74 Å². The van der Waals surface area contributed by atoms with E-state index in [1.807, 2.05) is 0 Å². The zero-order valence-corrected chi connectivity index (χ0v) is 9.59. The lowest BCUT2D eigenvalue weighted by molar-refractivity contribution is -0.00800. The average molecular weight is 210 g/mol. The first-order chi connectivity index (χ1) is 7.29. The first-order valence-corrected chi connectivity index (χ1v) is 5.70. The maximum absolute atomic E-state index is 5.89. The molecule has 1 fully saturated rings. The van der Waals surface area contributed by atoms with Gasteiger partial charge in [0.05, 0.1) is 11.6 Å². The molecule has 0 radical (unpaired) electrons. The molecule has 2 unspecified atom stereocenters. The minimum absolute atomic E-state index is 0.0517. The minimum Gasteiger partial charge on any atom is -0.379 e. The first-order valence-electron chi connectivity index (χ1n) is 5.70. The Labute approximate surface area is 92.8 Å². The standard InChI is InChI=1S/C12H22N2O/c1-3-4-9-14-12(10-13)8-6-5-7-11(12)15-2/h1,11,14H,4-10,13H2,2H3. The van der Waals surface area contributed by atoms with Gasteiger partial charge >= 0.3 is 0 Å². The SMILES string of the molecule is C#CCCNC1(CN)CCCCC1OC. The summed E-state index contributed by atoms with van der Waals surface area (Å²) < 4.78 is 5.53. The van der Waals surface area contributed by atoms with Gasteiger partial charge in [-0.25, -0.2) is 0 Å². The third-order valence-electron chi connectivity index (χ3n) is 3.35. The van der Waals surface area contributed by atoms with Crippen LogP contribution in [0.15, 0.2) is 0 Å². The van der Waals surface area contributed by atoms with Gasteiger partial charge in [-0.1, -0.05) is 12.8 Å². The number of hydrogen-bond donors (Lipinski definition) is 2. The molecule has 3 heteroatoms. The van der Waals surface area contributed by atoms with Crippen LogP contribution in [0.1, 0.15) is 32.1 Å². The molecular weight excluding hydrogens is 188 g/mol. The summed E-state index contributed by atoms with van der Waals surface area (Å²) in [5, 5.41) is 3.49. The Morgan fingerprint density at radius 1 is 1.60 bits per heavy atom. The molecule has 1 aliphatic rings. The Morgan fingerprint density at radius 3 is 3.00 bits per heavy atom. The van der Waals surface area contributed by atoms with E-state index in [0.29, 0.717) is 6.54 Å². The van der Waals surface area contributed by atoms with Crippen molar-refractivity contribution in [3.63, 3.8) is 0 Å². The van der Waals surface area contributed by atoms with Crippen molar-refractivity contribution in [2.75, 3.05) is 20.2 Å². The molecule has 0 saturated heterocycles. The predicted molar refractivity (Wildman–Crippen MR) is 62.5 cm³/mol. The summed E-state index contributed by atoms with van der Waals surface area (Å²) in [6.07, 6.45) is 10.9. The van der Waals surface area contributed by atoms with E-state index in [1.165, 1.54) is 12.8 Å². The summed E-state index contributed by atoms with van der Waals surface area (Å²) in [5.74, 6) is 2.64. The van der Waals surface area contributed by atoms with Gasteiger partial charge in [0.1, 0.15) is 0 Å². The highest BCUT2D eigenvalue weighted by atomic mass is 16.5. The predicted octanol–water partition coefficient (Wildman–Crippen LogP) is 0.886. The topological polar surface area (TPSA) is 47.3 Å². The molecule has 15 heavy (non-hydrogen) atoms.